The molecular formula is C12H10ClINO+. The second kappa shape index (κ2) is 4.04. The molecule has 3 rings (SSSR count). The van der Waals surface area contributed by atoms with Crippen molar-refractivity contribution in [3.63, 3.8) is 0 Å². The lowest BCUT2D eigenvalue weighted by Gasteiger charge is -2.06. The molecule has 16 heavy (non-hydrogen) atoms. The smallest absolute Gasteiger partial charge is 0.257 e. The molecule has 0 bridgehead atoms. The van der Waals surface area contributed by atoms with E-state index in [1.54, 1.807) is 0 Å². The van der Waals surface area contributed by atoms with Crippen LogP contribution in [0.5, 0.6) is 5.75 Å². The summed E-state index contributed by atoms with van der Waals surface area (Å²) in [4.78, 5) is 0. The van der Waals surface area contributed by atoms with Crippen molar-refractivity contribution in [1.82, 2.24) is 0 Å². The number of halogens is 2. The molecule has 0 fully saturated rings. The minimum atomic E-state index is 0.772. The summed E-state index contributed by atoms with van der Waals surface area (Å²) >= 11 is 8.55. The lowest BCUT2D eigenvalue weighted by atomic mass is 10.2. The second-order valence-electron chi connectivity index (χ2n) is 3.84. The van der Waals surface area contributed by atoms with Gasteiger partial charge in [0.1, 0.15) is 0 Å². The van der Waals surface area contributed by atoms with Gasteiger partial charge in [-0.25, -0.2) is 0 Å². The molecule has 0 saturated heterocycles. The summed E-state index contributed by atoms with van der Waals surface area (Å²) in [5, 5.41) is 1.87. The van der Waals surface area contributed by atoms with E-state index in [0.717, 1.165) is 44.8 Å². The molecule has 2 nitrogen and oxygen atoms in total. The highest BCUT2D eigenvalue weighted by molar-refractivity contribution is 14.1. The summed E-state index contributed by atoms with van der Waals surface area (Å²) in [6.07, 6.45) is 3.12. The van der Waals surface area contributed by atoms with Crippen LogP contribution in [0.25, 0.3) is 10.9 Å². The second-order valence-corrected chi connectivity index (χ2v) is 5.40. The van der Waals surface area contributed by atoms with Crippen LogP contribution in [0.1, 0.15) is 6.42 Å². The third-order valence-corrected chi connectivity index (χ3v) is 3.92. The van der Waals surface area contributed by atoms with Gasteiger partial charge in [-0.3, -0.25) is 0 Å². The molecular weight excluding hydrogens is 336 g/mol. The van der Waals surface area contributed by atoms with Crippen LogP contribution >= 0.6 is 34.2 Å². The van der Waals surface area contributed by atoms with Gasteiger partial charge in [-0.1, -0.05) is 11.6 Å². The minimum absolute atomic E-state index is 0.772. The first-order chi connectivity index (χ1) is 7.77. The predicted molar refractivity (Wildman–Crippen MR) is 72.0 cm³/mol. The minimum Gasteiger partial charge on any atom is -0.486 e. The van der Waals surface area contributed by atoms with Gasteiger partial charge in [0.25, 0.3) is 5.52 Å². The van der Waals surface area contributed by atoms with E-state index in [2.05, 4.69) is 33.4 Å². The summed E-state index contributed by atoms with van der Waals surface area (Å²) in [5.41, 5.74) is 1.12. The number of aromatic nitrogens is 1. The van der Waals surface area contributed by atoms with Crippen LogP contribution in [0.4, 0.5) is 0 Å². The number of ether oxygens (including phenoxy) is 1. The maximum Gasteiger partial charge on any atom is 0.257 e. The molecule has 0 saturated carbocycles. The summed E-state index contributed by atoms with van der Waals surface area (Å²) < 4.78 is 9.13. The van der Waals surface area contributed by atoms with Crippen LogP contribution in [0, 0.1) is 3.57 Å². The first kappa shape index (κ1) is 10.6. The van der Waals surface area contributed by atoms with Crippen molar-refractivity contribution < 1.29 is 9.30 Å². The highest BCUT2D eigenvalue weighted by Crippen LogP contribution is 2.34. The molecule has 0 spiro atoms. The highest BCUT2D eigenvalue weighted by atomic mass is 127. The van der Waals surface area contributed by atoms with Crippen LogP contribution in [0.15, 0.2) is 24.4 Å². The Balaban J connectivity index is 2.48. The fourth-order valence-electron chi connectivity index (χ4n) is 2.10. The van der Waals surface area contributed by atoms with Crippen LogP contribution in [0.3, 0.4) is 0 Å². The van der Waals surface area contributed by atoms with Crippen molar-refractivity contribution >= 4 is 45.1 Å². The lowest BCUT2D eigenvalue weighted by Crippen LogP contribution is -2.33. The molecule has 2 heterocycles. The summed E-state index contributed by atoms with van der Waals surface area (Å²) in [6.45, 7) is 1.76. The number of hydrogen-bond donors (Lipinski definition) is 0. The van der Waals surface area contributed by atoms with E-state index < -0.39 is 0 Å². The van der Waals surface area contributed by atoms with E-state index in [1.807, 2.05) is 18.2 Å². The number of nitrogens with zero attached hydrogens (tertiary/aromatic N) is 1. The quantitative estimate of drug-likeness (QED) is 0.527. The standard InChI is InChI=1S/C12H10ClINO/c13-9-7-10(14)12-11-8(9)3-1-4-15(11)5-2-6-16-12/h1,3-4,7H,2,5-6H2/q+1. The molecule has 1 aromatic heterocycles. The average Bonchev–Trinajstić information content (AvgIpc) is 2.49. The topological polar surface area (TPSA) is 13.1 Å². The molecule has 1 aliphatic rings. The van der Waals surface area contributed by atoms with Gasteiger partial charge >= 0.3 is 0 Å². The first-order valence-electron chi connectivity index (χ1n) is 5.20. The van der Waals surface area contributed by atoms with E-state index in [0.29, 0.717) is 0 Å². The van der Waals surface area contributed by atoms with Crippen LogP contribution in [-0.2, 0) is 6.54 Å². The monoisotopic (exact) mass is 346 g/mol. The van der Waals surface area contributed by atoms with E-state index >= 15 is 0 Å². The molecule has 0 unspecified atom stereocenters. The maximum absolute atomic E-state index is 6.27. The number of benzene rings is 1. The predicted octanol–water partition coefficient (Wildman–Crippen LogP) is 3.17. The van der Waals surface area contributed by atoms with Gasteiger partial charge in [0.05, 0.1) is 20.6 Å². The van der Waals surface area contributed by atoms with Crippen molar-refractivity contribution in [3.05, 3.63) is 33.0 Å². The summed E-state index contributed by atoms with van der Waals surface area (Å²) in [5.74, 6) is 0.970. The third-order valence-electron chi connectivity index (χ3n) is 2.80. The molecule has 0 aliphatic carbocycles. The Labute approximate surface area is 112 Å². The Morgan fingerprint density at radius 2 is 2.31 bits per heavy atom. The van der Waals surface area contributed by atoms with Crippen molar-refractivity contribution in [2.45, 2.75) is 13.0 Å². The Kier molecular flexibility index (Phi) is 2.67. The van der Waals surface area contributed by atoms with Crippen molar-refractivity contribution in [2.24, 2.45) is 0 Å². The zero-order valence-corrected chi connectivity index (χ0v) is 11.5. The SMILES string of the molecule is Clc1cc(I)c2c3c1ccc[n+]3CCCO2. The molecule has 0 N–H and O–H groups in total. The van der Waals surface area contributed by atoms with Gasteiger partial charge in [-0.15, -0.1) is 0 Å². The van der Waals surface area contributed by atoms with Crippen LogP contribution in [0.2, 0.25) is 5.02 Å². The van der Waals surface area contributed by atoms with Gasteiger partial charge in [-0.05, 0) is 34.7 Å². The summed E-state index contributed by atoms with van der Waals surface area (Å²) in [6, 6.07) is 6.05. The van der Waals surface area contributed by atoms with E-state index in [-0.39, 0.29) is 0 Å². The Bertz CT molecular complexity index is 570. The number of rotatable bonds is 0. The van der Waals surface area contributed by atoms with Crippen LogP contribution in [-0.4, -0.2) is 6.61 Å². The van der Waals surface area contributed by atoms with Gasteiger partial charge in [0, 0.05) is 12.5 Å². The Morgan fingerprint density at radius 1 is 1.44 bits per heavy atom. The van der Waals surface area contributed by atoms with Gasteiger partial charge in [0.15, 0.2) is 12.7 Å². The van der Waals surface area contributed by atoms with Crippen molar-refractivity contribution in [2.75, 3.05) is 6.61 Å². The third kappa shape index (κ3) is 1.57. The molecule has 1 aliphatic heterocycles. The van der Waals surface area contributed by atoms with Gasteiger partial charge in [-0.2, -0.15) is 4.57 Å². The largest absolute Gasteiger partial charge is 0.486 e. The van der Waals surface area contributed by atoms with E-state index in [9.17, 15) is 0 Å². The first-order valence-corrected chi connectivity index (χ1v) is 6.66. The molecule has 4 heteroatoms. The van der Waals surface area contributed by atoms with Gasteiger partial charge in [0.2, 0.25) is 5.75 Å². The fourth-order valence-corrected chi connectivity index (χ4v) is 3.27. The van der Waals surface area contributed by atoms with Crippen LogP contribution < -0.4 is 9.30 Å². The highest BCUT2D eigenvalue weighted by Gasteiger charge is 2.22. The molecule has 0 atom stereocenters. The van der Waals surface area contributed by atoms with Crippen molar-refractivity contribution in [3.8, 4) is 5.75 Å². The Hall–Kier alpha value is -0.550. The maximum atomic E-state index is 6.27. The number of aryl methyl sites for hydroxylation is 1. The van der Waals surface area contributed by atoms with Crippen molar-refractivity contribution in [1.29, 1.82) is 0 Å². The molecule has 1 aromatic carbocycles. The molecule has 0 amide bonds. The zero-order chi connectivity index (χ0) is 11.1. The molecule has 2 aromatic rings. The molecule has 0 radical (unpaired) electrons. The van der Waals surface area contributed by atoms with E-state index in [4.69, 9.17) is 16.3 Å². The fraction of sp³-hybridized carbons (Fsp3) is 0.250. The van der Waals surface area contributed by atoms with Gasteiger partial charge < -0.3 is 4.74 Å². The number of pyridine rings is 1. The summed E-state index contributed by atoms with van der Waals surface area (Å²) in [7, 11) is 0. The Morgan fingerprint density at radius 3 is 3.19 bits per heavy atom. The van der Waals surface area contributed by atoms with E-state index in [1.165, 1.54) is 0 Å². The average molecular weight is 347 g/mol. The normalized spacial score (nSPS) is 14.6. The molecule has 82 valence electrons. The zero-order valence-electron chi connectivity index (χ0n) is 8.54. The number of hydrogen-bond acceptors (Lipinski definition) is 1. The lowest BCUT2D eigenvalue weighted by molar-refractivity contribution is -0.670.